The van der Waals surface area contributed by atoms with Gasteiger partial charge in [-0.25, -0.2) is 0 Å². The smallest absolute Gasteiger partial charge is 0.234 e. The van der Waals surface area contributed by atoms with Crippen LogP contribution in [0.5, 0.6) is 0 Å². The molecule has 3 rings (SSSR count). The maximum atomic E-state index is 5.48. The minimum atomic E-state index is 0.601. The molecule has 1 aliphatic carbocycles. The van der Waals surface area contributed by atoms with E-state index in [0.29, 0.717) is 5.92 Å². The number of nitrogens with two attached hydrogens (primary N) is 1. The SMILES string of the molecule is NCCCc1nn2c(C3CC3)nnc2s1. The average molecular weight is 223 g/mol. The van der Waals surface area contributed by atoms with Gasteiger partial charge in [-0.05, 0) is 25.8 Å². The Bertz CT molecular complexity index is 470. The highest BCUT2D eigenvalue weighted by atomic mass is 32.1. The summed E-state index contributed by atoms with van der Waals surface area (Å²) in [6.45, 7) is 0.718. The van der Waals surface area contributed by atoms with Gasteiger partial charge in [0.2, 0.25) is 4.96 Å². The Labute approximate surface area is 91.3 Å². The molecule has 15 heavy (non-hydrogen) atoms. The molecule has 0 aliphatic heterocycles. The maximum Gasteiger partial charge on any atom is 0.234 e. The molecule has 2 aromatic heterocycles. The molecule has 0 unspecified atom stereocenters. The molecule has 1 aliphatic rings. The topological polar surface area (TPSA) is 69.1 Å². The molecule has 0 atom stereocenters. The number of aryl methyl sites for hydroxylation is 1. The molecule has 0 aromatic carbocycles. The third kappa shape index (κ3) is 1.63. The normalized spacial score (nSPS) is 16.3. The first-order valence-electron chi connectivity index (χ1n) is 5.29. The summed E-state index contributed by atoms with van der Waals surface area (Å²) >= 11 is 1.63. The van der Waals surface area contributed by atoms with Crippen LogP contribution in [0.4, 0.5) is 0 Å². The predicted molar refractivity (Wildman–Crippen MR) is 58.0 cm³/mol. The fourth-order valence-corrected chi connectivity index (χ4v) is 2.50. The van der Waals surface area contributed by atoms with Crippen LogP contribution in [-0.2, 0) is 6.42 Å². The van der Waals surface area contributed by atoms with Crippen molar-refractivity contribution in [1.29, 1.82) is 0 Å². The van der Waals surface area contributed by atoms with Crippen LogP contribution >= 0.6 is 11.3 Å². The first kappa shape index (κ1) is 9.23. The zero-order valence-corrected chi connectivity index (χ0v) is 9.20. The van der Waals surface area contributed by atoms with Crippen LogP contribution in [0.25, 0.3) is 4.96 Å². The average Bonchev–Trinajstić information content (AvgIpc) is 2.88. The molecule has 0 amide bonds. The van der Waals surface area contributed by atoms with E-state index in [1.165, 1.54) is 12.8 Å². The molecular weight excluding hydrogens is 210 g/mol. The number of aromatic nitrogens is 4. The number of nitrogens with zero attached hydrogens (tertiary/aromatic N) is 4. The van der Waals surface area contributed by atoms with E-state index in [0.717, 1.165) is 35.2 Å². The van der Waals surface area contributed by atoms with Gasteiger partial charge in [0.15, 0.2) is 5.82 Å². The van der Waals surface area contributed by atoms with Crippen molar-refractivity contribution in [3.8, 4) is 0 Å². The molecule has 2 aromatic rings. The quantitative estimate of drug-likeness (QED) is 0.838. The third-order valence-corrected chi connectivity index (χ3v) is 3.55. The van der Waals surface area contributed by atoms with E-state index >= 15 is 0 Å². The van der Waals surface area contributed by atoms with Crippen molar-refractivity contribution in [1.82, 2.24) is 19.8 Å². The Kier molecular flexibility index (Phi) is 2.17. The number of hydrogen-bond acceptors (Lipinski definition) is 5. The Balaban J connectivity index is 1.92. The van der Waals surface area contributed by atoms with Gasteiger partial charge in [-0.1, -0.05) is 11.3 Å². The largest absolute Gasteiger partial charge is 0.330 e. The Morgan fingerprint density at radius 3 is 3.00 bits per heavy atom. The van der Waals surface area contributed by atoms with Crippen molar-refractivity contribution in [2.45, 2.75) is 31.6 Å². The Morgan fingerprint density at radius 1 is 1.40 bits per heavy atom. The first-order valence-corrected chi connectivity index (χ1v) is 6.11. The van der Waals surface area contributed by atoms with Crippen molar-refractivity contribution in [3.05, 3.63) is 10.8 Å². The van der Waals surface area contributed by atoms with E-state index in [9.17, 15) is 0 Å². The zero-order chi connectivity index (χ0) is 10.3. The summed E-state index contributed by atoms with van der Waals surface area (Å²) in [6.07, 6.45) is 4.41. The van der Waals surface area contributed by atoms with E-state index in [-0.39, 0.29) is 0 Å². The Hall–Kier alpha value is -1.01. The second-order valence-electron chi connectivity index (χ2n) is 3.91. The number of fused-ring (bicyclic) bond motifs is 1. The van der Waals surface area contributed by atoms with Crippen LogP contribution in [0.2, 0.25) is 0 Å². The van der Waals surface area contributed by atoms with Gasteiger partial charge in [-0.2, -0.15) is 9.61 Å². The van der Waals surface area contributed by atoms with Gasteiger partial charge in [-0.3, -0.25) is 0 Å². The van der Waals surface area contributed by atoms with E-state index < -0.39 is 0 Å². The standard InChI is InChI=1S/C9H13N5S/c10-5-1-2-7-13-14-8(6-3-4-6)11-12-9(14)15-7/h6H,1-5,10H2. The highest BCUT2D eigenvalue weighted by Gasteiger charge is 2.29. The van der Waals surface area contributed by atoms with Gasteiger partial charge in [-0.15, -0.1) is 10.2 Å². The highest BCUT2D eigenvalue weighted by molar-refractivity contribution is 7.16. The summed E-state index contributed by atoms with van der Waals surface area (Å²) in [6, 6.07) is 0. The van der Waals surface area contributed by atoms with Crippen LogP contribution in [0.3, 0.4) is 0 Å². The van der Waals surface area contributed by atoms with Crippen molar-refractivity contribution < 1.29 is 0 Å². The van der Waals surface area contributed by atoms with Crippen LogP contribution in [0.1, 0.15) is 36.0 Å². The maximum absolute atomic E-state index is 5.48. The molecule has 6 heteroatoms. The summed E-state index contributed by atoms with van der Waals surface area (Å²) in [5.74, 6) is 1.64. The summed E-state index contributed by atoms with van der Waals surface area (Å²) in [5, 5.41) is 14.0. The lowest BCUT2D eigenvalue weighted by Gasteiger charge is -1.91. The van der Waals surface area contributed by atoms with Gasteiger partial charge < -0.3 is 5.73 Å². The van der Waals surface area contributed by atoms with E-state index in [1.807, 2.05) is 4.52 Å². The van der Waals surface area contributed by atoms with Crippen molar-refractivity contribution in [2.75, 3.05) is 6.54 Å². The minimum absolute atomic E-state index is 0.601. The van der Waals surface area contributed by atoms with Gasteiger partial charge >= 0.3 is 0 Å². The molecular formula is C9H13N5S. The molecule has 0 bridgehead atoms. The van der Waals surface area contributed by atoms with E-state index in [1.54, 1.807) is 11.3 Å². The number of hydrogen-bond donors (Lipinski definition) is 1. The summed E-state index contributed by atoms with van der Waals surface area (Å²) < 4.78 is 1.91. The first-order chi connectivity index (χ1) is 7.38. The third-order valence-electron chi connectivity index (χ3n) is 2.59. The lowest BCUT2D eigenvalue weighted by Crippen LogP contribution is -2.01. The van der Waals surface area contributed by atoms with Gasteiger partial charge in [0.25, 0.3) is 0 Å². The van der Waals surface area contributed by atoms with Crippen LogP contribution in [-0.4, -0.2) is 26.4 Å². The van der Waals surface area contributed by atoms with Gasteiger partial charge in [0, 0.05) is 12.3 Å². The van der Waals surface area contributed by atoms with Gasteiger partial charge in [0.1, 0.15) is 5.01 Å². The molecule has 0 saturated heterocycles. The lowest BCUT2D eigenvalue weighted by atomic mass is 10.3. The second kappa shape index (κ2) is 3.53. The zero-order valence-electron chi connectivity index (χ0n) is 8.39. The molecule has 2 N–H and O–H groups in total. The predicted octanol–water partition coefficient (Wildman–Crippen LogP) is 0.954. The van der Waals surface area contributed by atoms with E-state index in [2.05, 4.69) is 15.3 Å². The molecule has 1 saturated carbocycles. The second-order valence-corrected chi connectivity index (χ2v) is 4.96. The van der Waals surface area contributed by atoms with Crippen molar-refractivity contribution in [2.24, 2.45) is 5.73 Å². The molecule has 2 heterocycles. The Morgan fingerprint density at radius 2 is 2.27 bits per heavy atom. The molecule has 1 fully saturated rings. The summed E-state index contributed by atoms with van der Waals surface area (Å²) in [4.78, 5) is 0.920. The van der Waals surface area contributed by atoms with Crippen molar-refractivity contribution >= 4 is 16.3 Å². The minimum Gasteiger partial charge on any atom is -0.330 e. The molecule has 80 valence electrons. The molecule has 0 radical (unpaired) electrons. The fraction of sp³-hybridized carbons (Fsp3) is 0.667. The number of rotatable bonds is 4. The van der Waals surface area contributed by atoms with Gasteiger partial charge in [0.05, 0.1) is 0 Å². The lowest BCUT2D eigenvalue weighted by molar-refractivity contribution is 0.769. The summed E-state index contributed by atoms with van der Waals surface area (Å²) in [5.41, 5.74) is 5.48. The summed E-state index contributed by atoms with van der Waals surface area (Å²) in [7, 11) is 0. The van der Waals surface area contributed by atoms with Crippen molar-refractivity contribution in [3.63, 3.8) is 0 Å². The van der Waals surface area contributed by atoms with E-state index in [4.69, 9.17) is 5.73 Å². The molecule has 0 spiro atoms. The monoisotopic (exact) mass is 223 g/mol. The highest BCUT2D eigenvalue weighted by Crippen LogP contribution is 2.39. The van der Waals surface area contributed by atoms with Crippen LogP contribution in [0.15, 0.2) is 0 Å². The molecule has 5 nitrogen and oxygen atoms in total. The van der Waals surface area contributed by atoms with Crippen LogP contribution in [0, 0.1) is 0 Å². The fourth-order valence-electron chi connectivity index (χ4n) is 1.62. The van der Waals surface area contributed by atoms with Crippen LogP contribution < -0.4 is 5.73 Å².